The number of hydrogen-bond acceptors (Lipinski definition) is 2. The van der Waals surface area contributed by atoms with Crippen LogP contribution in [0.15, 0.2) is 24.5 Å². The molecule has 0 saturated carbocycles. The normalized spacial score (nSPS) is 10.8. The summed E-state index contributed by atoms with van der Waals surface area (Å²) in [4.78, 5) is 4.28. The van der Waals surface area contributed by atoms with E-state index in [0.29, 0.717) is 0 Å². The van der Waals surface area contributed by atoms with Crippen molar-refractivity contribution in [2.45, 2.75) is 5.75 Å². The Bertz CT molecular complexity index is 406. The third kappa shape index (κ3) is 1.01. The Balaban J connectivity index is 2.82. The molecule has 2 nitrogen and oxygen atoms in total. The van der Waals surface area contributed by atoms with Crippen molar-refractivity contribution in [3.05, 3.63) is 30.1 Å². The zero-order chi connectivity index (χ0) is 8.55. The summed E-state index contributed by atoms with van der Waals surface area (Å²) in [7, 11) is 2.00. The van der Waals surface area contributed by atoms with Gasteiger partial charge in [-0.05, 0) is 17.7 Å². The van der Waals surface area contributed by atoms with E-state index in [2.05, 4.69) is 29.9 Å². The molecular weight excluding hydrogens is 168 g/mol. The van der Waals surface area contributed by atoms with Crippen LogP contribution in [0.2, 0.25) is 0 Å². The zero-order valence-corrected chi connectivity index (χ0v) is 7.75. The number of fused-ring (bicyclic) bond motifs is 1. The SMILES string of the molecule is Cn1cc(CS)c2cccnc21. The first-order chi connectivity index (χ1) is 5.83. The molecule has 0 aromatic carbocycles. The fourth-order valence-corrected chi connectivity index (χ4v) is 1.67. The minimum atomic E-state index is 0.767. The molecule has 0 unspecified atom stereocenters. The van der Waals surface area contributed by atoms with Crippen LogP contribution in [0.25, 0.3) is 11.0 Å². The van der Waals surface area contributed by atoms with E-state index in [1.54, 1.807) is 0 Å². The van der Waals surface area contributed by atoms with Crippen LogP contribution >= 0.6 is 12.6 Å². The minimum absolute atomic E-state index is 0.767. The Morgan fingerprint density at radius 2 is 2.42 bits per heavy atom. The van der Waals surface area contributed by atoms with E-state index in [9.17, 15) is 0 Å². The molecule has 0 radical (unpaired) electrons. The monoisotopic (exact) mass is 178 g/mol. The molecule has 2 rings (SSSR count). The van der Waals surface area contributed by atoms with Gasteiger partial charge in [-0.25, -0.2) is 4.98 Å². The average molecular weight is 178 g/mol. The number of pyridine rings is 1. The number of nitrogens with zero attached hydrogens (tertiary/aromatic N) is 2. The Morgan fingerprint density at radius 1 is 1.58 bits per heavy atom. The molecule has 2 heterocycles. The maximum absolute atomic E-state index is 4.28. The molecule has 62 valence electrons. The summed E-state index contributed by atoms with van der Waals surface area (Å²) >= 11 is 4.26. The van der Waals surface area contributed by atoms with Gasteiger partial charge in [0.2, 0.25) is 0 Å². The number of aromatic nitrogens is 2. The first kappa shape index (κ1) is 7.68. The van der Waals surface area contributed by atoms with Gasteiger partial charge in [-0.1, -0.05) is 0 Å². The predicted octanol–water partition coefficient (Wildman–Crippen LogP) is 2.00. The van der Waals surface area contributed by atoms with Crippen molar-refractivity contribution in [1.82, 2.24) is 9.55 Å². The minimum Gasteiger partial charge on any atom is -0.335 e. The molecule has 12 heavy (non-hydrogen) atoms. The summed E-state index contributed by atoms with van der Waals surface area (Å²) in [5, 5.41) is 1.20. The molecule has 0 fully saturated rings. The second-order valence-electron chi connectivity index (χ2n) is 2.80. The van der Waals surface area contributed by atoms with Crippen molar-refractivity contribution in [3.8, 4) is 0 Å². The number of rotatable bonds is 1. The van der Waals surface area contributed by atoms with Crippen LogP contribution in [0.3, 0.4) is 0 Å². The molecule has 0 aliphatic heterocycles. The Kier molecular flexibility index (Phi) is 1.81. The Morgan fingerprint density at radius 3 is 3.17 bits per heavy atom. The fraction of sp³-hybridized carbons (Fsp3) is 0.222. The van der Waals surface area contributed by atoms with E-state index >= 15 is 0 Å². The predicted molar refractivity (Wildman–Crippen MR) is 53.4 cm³/mol. The average Bonchev–Trinajstić information content (AvgIpc) is 2.44. The van der Waals surface area contributed by atoms with E-state index in [1.165, 1.54) is 10.9 Å². The lowest BCUT2D eigenvalue weighted by molar-refractivity contribution is 0.944. The lowest BCUT2D eigenvalue weighted by Crippen LogP contribution is -1.85. The van der Waals surface area contributed by atoms with E-state index in [1.807, 2.05) is 23.9 Å². The van der Waals surface area contributed by atoms with Crippen molar-refractivity contribution < 1.29 is 0 Å². The lowest BCUT2D eigenvalue weighted by Gasteiger charge is -1.91. The summed E-state index contributed by atoms with van der Waals surface area (Å²) in [6.07, 6.45) is 3.88. The van der Waals surface area contributed by atoms with Gasteiger partial charge in [0.25, 0.3) is 0 Å². The summed E-state index contributed by atoms with van der Waals surface area (Å²) < 4.78 is 2.03. The van der Waals surface area contributed by atoms with Crippen LogP contribution in [0.1, 0.15) is 5.56 Å². The molecule has 2 aromatic rings. The van der Waals surface area contributed by atoms with Crippen LogP contribution in [-0.2, 0) is 12.8 Å². The van der Waals surface area contributed by atoms with Crippen LogP contribution < -0.4 is 0 Å². The van der Waals surface area contributed by atoms with E-state index in [-0.39, 0.29) is 0 Å². The standard InChI is InChI=1S/C9H10N2S/c1-11-5-7(6-12)8-3-2-4-10-9(8)11/h2-5,12H,6H2,1H3. The fourth-order valence-electron chi connectivity index (χ4n) is 1.42. The van der Waals surface area contributed by atoms with Gasteiger partial charge >= 0.3 is 0 Å². The maximum Gasteiger partial charge on any atom is 0.139 e. The summed E-state index contributed by atoms with van der Waals surface area (Å²) in [5.41, 5.74) is 2.27. The number of hydrogen-bond donors (Lipinski definition) is 1. The molecule has 0 amide bonds. The molecular formula is C9H10N2S. The van der Waals surface area contributed by atoms with Crippen LogP contribution in [0.5, 0.6) is 0 Å². The molecule has 0 saturated heterocycles. The van der Waals surface area contributed by atoms with Gasteiger partial charge < -0.3 is 4.57 Å². The maximum atomic E-state index is 4.28. The van der Waals surface area contributed by atoms with Crippen LogP contribution in [0, 0.1) is 0 Å². The van der Waals surface area contributed by atoms with Gasteiger partial charge in [-0.15, -0.1) is 0 Å². The molecule has 0 N–H and O–H groups in total. The highest BCUT2D eigenvalue weighted by molar-refractivity contribution is 7.79. The quantitative estimate of drug-likeness (QED) is 0.661. The van der Waals surface area contributed by atoms with Gasteiger partial charge in [0, 0.05) is 30.6 Å². The van der Waals surface area contributed by atoms with Crippen LogP contribution in [0.4, 0.5) is 0 Å². The van der Waals surface area contributed by atoms with Crippen molar-refractivity contribution in [2.75, 3.05) is 0 Å². The molecule has 0 aliphatic rings. The smallest absolute Gasteiger partial charge is 0.139 e. The Hall–Kier alpha value is -0.960. The lowest BCUT2D eigenvalue weighted by atomic mass is 10.2. The molecule has 0 spiro atoms. The highest BCUT2D eigenvalue weighted by Crippen LogP contribution is 2.19. The number of aryl methyl sites for hydroxylation is 1. The largest absolute Gasteiger partial charge is 0.335 e. The highest BCUT2D eigenvalue weighted by atomic mass is 32.1. The summed E-state index contributed by atoms with van der Waals surface area (Å²) in [6.45, 7) is 0. The zero-order valence-electron chi connectivity index (χ0n) is 6.86. The van der Waals surface area contributed by atoms with Crippen LogP contribution in [-0.4, -0.2) is 9.55 Å². The molecule has 0 atom stereocenters. The Labute approximate surface area is 76.6 Å². The highest BCUT2D eigenvalue weighted by Gasteiger charge is 2.03. The third-order valence-electron chi connectivity index (χ3n) is 1.99. The summed E-state index contributed by atoms with van der Waals surface area (Å²) in [6, 6.07) is 4.03. The third-order valence-corrected chi connectivity index (χ3v) is 2.33. The van der Waals surface area contributed by atoms with Crippen molar-refractivity contribution in [1.29, 1.82) is 0 Å². The second-order valence-corrected chi connectivity index (χ2v) is 3.11. The molecule has 0 bridgehead atoms. The van der Waals surface area contributed by atoms with Crippen molar-refractivity contribution in [2.24, 2.45) is 7.05 Å². The van der Waals surface area contributed by atoms with Gasteiger partial charge in [-0.2, -0.15) is 12.6 Å². The topological polar surface area (TPSA) is 17.8 Å². The van der Waals surface area contributed by atoms with Crippen molar-refractivity contribution in [3.63, 3.8) is 0 Å². The van der Waals surface area contributed by atoms with Gasteiger partial charge in [0.05, 0.1) is 0 Å². The van der Waals surface area contributed by atoms with Crippen molar-refractivity contribution >= 4 is 23.7 Å². The first-order valence-electron chi connectivity index (χ1n) is 3.82. The molecule has 0 aliphatic carbocycles. The number of thiol groups is 1. The van der Waals surface area contributed by atoms with Gasteiger partial charge in [-0.3, -0.25) is 0 Å². The van der Waals surface area contributed by atoms with E-state index in [0.717, 1.165) is 11.4 Å². The van der Waals surface area contributed by atoms with E-state index in [4.69, 9.17) is 0 Å². The second kappa shape index (κ2) is 2.83. The molecule has 2 aromatic heterocycles. The van der Waals surface area contributed by atoms with Gasteiger partial charge in [0.15, 0.2) is 0 Å². The molecule has 3 heteroatoms. The summed E-state index contributed by atoms with van der Waals surface area (Å²) in [5.74, 6) is 0.767. The first-order valence-corrected chi connectivity index (χ1v) is 4.46. The van der Waals surface area contributed by atoms with E-state index < -0.39 is 0 Å². The van der Waals surface area contributed by atoms with Gasteiger partial charge in [0.1, 0.15) is 5.65 Å².